The van der Waals surface area contributed by atoms with E-state index in [0.717, 1.165) is 5.56 Å². The molecule has 0 N–H and O–H groups in total. The highest BCUT2D eigenvalue weighted by atomic mass is 35.5. The van der Waals surface area contributed by atoms with Crippen molar-refractivity contribution in [3.63, 3.8) is 0 Å². The lowest BCUT2D eigenvalue weighted by Gasteiger charge is -2.12. The van der Waals surface area contributed by atoms with E-state index in [2.05, 4.69) is 11.1 Å². The molecule has 0 amide bonds. The number of nitrogens with zero attached hydrogens (tertiary/aromatic N) is 2. The Morgan fingerprint density at radius 3 is 2.71 bits per heavy atom. The van der Waals surface area contributed by atoms with Crippen LogP contribution in [0.1, 0.15) is 17.0 Å². The lowest BCUT2D eigenvalue weighted by molar-refractivity contribution is 0.706. The second-order valence-electron chi connectivity index (χ2n) is 5.06. The van der Waals surface area contributed by atoms with Crippen molar-refractivity contribution in [2.24, 2.45) is 0 Å². The van der Waals surface area contributed by atoms with E-state index >= 15 is 0 Å². The summed E-state index contributed by atoms with van der Waals surface area (Å²) < 4.78 is 1.66. The predicted octanol–water partition coefficient (Wildman–Crippen LogP) is 3.49. The first kappa shape index (κ1) is 13.8. The van der Waals surface area contributed by atoms with E-state index in [1.165, 1.54) is 5.56 Å². The van der Waals surface area contributed by atoms with Crippen LogP contribution in [-0.4, -0.2) is 9.55 Å². The van der Waals surface area contributed by atoms with Gasteiger partial charge in [0.25, 0.3) is 5.56 Å². The van der Waals surface area contributed by atoms with Crippen molar-refractivity contribution in [3.05, 3.63) is 75.8 Å². The number of rotatable bonds is 3. The van der Waals surface area contributed by atoms with Gasteiger partial charge in [-0.2, -0.15) is 0 Å². The number of aryl methyl sites for hydroxylation is 1. The van der Waals surface area contributed by atoms with Crippen LogP contribution < -0.4 is 5.56 Å². The Hall–Kier alpha value is -2.13. The van der Waals surface area contributed by atoms with E-state index in [4.69, 9.17) is 11.6 Å². The number of para-hydroxylation sites is 1. The van der Waals surface area contributed by atoms with Crippen LogP contribution in [0.5, 0.6) is 0 Å². The van der Waals surface area contributed by atoms with Gasteiger partial charge in [0.15, 0.2) is 0 Å². The normalized spacial score (nSPS) is 11.0. The summed E-state index contributed by atoms with van der Waals surface area (Å²) in [6.45, 7) is 2.52. The smallest absolute Gasteiger partial charge is 0.261 e. The lowest BCUT2D eigenvalue weighted by atomic mass is 10.1. The third-order valence-electron chi connectivity index (χ3n) is 3.48. The molecular weight excluding hydrogens is 284 g/mol. The fourth-order valence-electron chi connectivity index (χ4n) is 2.47. The van der Waals surface area contributed by atoms with Crippen molar-refractivity contribution in [1.29, 1.82) is 0 Å². The predicted molar refractivity (Wildman–Crippen MR) is 85.8 cm³/mol. The van der Waals surface area contributed by atoms with E-state index in [1.807, 2.05) is 43.3 Å². The van der Waals surface area contributed by atoms with Gasteiger partial charge < -0.3 is 0 Å². The molecule has 3 rings (SSSR count). The summed E-state index contributed by atoms with van der Waals surface area (Å²) in [6.07, 6.45) is 0. The quantitative estimate of drug-likeness (QED) is 0.694. The SMILES string of the molecule is Cc1cccc(Cn2c(CCl)nc3ccccc3c2=O)c1. The largest absolute Gasteiger partial charge is 0.291 e. The van der Waals surface area contributed by atoms with Crippen LogP contribution in [0.25, 0.3) is 10.9 Å². The van der Waals surface area contributed by atoms with Crippen LogP contribution in [-0.2, 0) is 12.4 Å². The number of benzene rings is 2. The molecule has 0 aliphatic rings. The number of hydrogen-bond donors (Lipinski definition) is 0. The fourth-order valence-corrected chi connectivity index (χ4v) is 2.68. The zero-order valence-corrected chi connectivity index (χ0v) is 12.5. The average Bonchev–Trinajstić information content (AvgIpc) is 2.50. The van der Waals surface area contributed by atoms with E-state index in [0.29, 0.717) is 23.3 Å². The molecule has 1 heterocycles. The van der Waals surface area contributed by atoms with Gasteiger partial charge >= 0.3 is 0 Å². The molecule has 0 saturated heterocycles. The minimum atomic E-state index is -0.0437. The molecule has 3 aromatic rings. The number of halogens is 1. The number of aromatic nitrogens is 2. The molecular formula is C17H15ClN2O. The van der Waals surface area contributed by atoms with Gasteiger partial charge in [-0.25, -0.2) is 4.98 Å². The van der Waals surface area contributed by atoms with Gasteiger partial charge in [0.2, 0.25) is 0 Å². The Morgan fingerprint density at radius 1 is 1.14 bits per heavy atom. The second-order valence-corrected chi connectivity index (χ2v) is 5.33. The van der Waals surface area contributed by atoms with Crippen molar-refractivity contribution >= 4 is 22.5 Å². The van der Waals surface area contributed by atoms with Gasteiger partial charge in [0.1, 0.15) is 5.82 Å². The third kappa shape index (κ3) is 2.69. The molecule has 0 spiro atoms. The molecule has 0 bridgehead atoms. The van der Waals surface area contributed by atoms with Crippen LogP contribution in [0.2, 0.25) is 0 Å². The van der Waals surface area contributed by atoms with Gasteiger partial charge in [-0.3, -0.25) is 9.36 Å². The van der Waals surface area contributed by atoms with Crippen LogP contribution >= 0.6 is 11.6 Å². The van der Waals surface area contributed by atoms with Crippen LogP contribution in [0.3, 0.4) is 0 Å². The highest BCUT2D eigenvalue weighted by Gasteiger charge is 2.10. The monoisotopic (exact) mass is 298 g/mol. The molecule has 0 radical (unpaired) electrons. The van der Waals surface area contributed by atoms with Crippen LogP contribution in [0.15, 0.2) is 53.3 Å². The Balaban J connectivity index is 2.17. The number of hydrogen-bond acceptors (Lipinski definition) is 2. The van der Waals surface area contributed by atoms with E-state index in [9.17, 15) is 4.79 Å². The van der Waals surface area contributed by atoms with Gasteiger partial charge in [-0.15, -0.1) is 11.6 Å². The van der Waals surface area contributed by atoms with Crippen molar-refractivity contribution in [2.45, 2.75) is 19.3 Å². The molecule has 3 nitrogen and oxygen atoms in total. The van der Waals surface area contributed by atoms with Crippen LogP contribution in [0.4, 0.5) is 0 Å². The van der Waals surface area contributed by atoms with Gasteiger partial charge in [-0.1, -0.05) is 42.0 Å². The van der Waals surface area contributed by atoms with Crippen molar-refractivity contribution in [3.8, 4) is 0 Å². The Bertz CT molecular complexity index is 855. The first-order valence-electron chi connectivity index (χ1n) is 6.79. The molecule has 0 aliphatic heterocycles. The van der Waals surface area contributed by atoms with Gasteiger partial charge in [-0.05, 0) is 24.6 Å². The summed E-state index contributed by atoms with van der Waals surface area (Å²) in [5, 5.41) is 0.624. The standard InChI is InChI=1S/C17H15ClN2O/c1-12-5-4-6-13(9-12)11-20-16(10-18)19-15-8-3-2-7-14(15)17(20)21/h2-9H,10-11H2,1H3. The molecule has 0 unspecified atom stereocenters. The third-order valence-corrected chi connectivity index (χ3v) is 3.72. The summed E-state index contributed by atoms with van der Waals surface area (Å²) in [4.78, 5) is 17.2. The van der Waals surface area contributed by atoms with Crippen molar-refractivity contribution in [1.82, 2.24) is 9.55 Å². The van der Waals surface area contributed by atoms with E-state index in [1.54, 1.807) is 10.6 Å². The lowest BCUT2D eigenvalue weighted by Crippen LogP contribution is -2.25. The summed E-state index contributed by atoms with van der Waals surface area (Å²) in [5.74, 6) is 0.813. The minimum absolute atomic E-state index is 0.0437. The van der Waals surface area contributed by atoms with Crippen molar-refractivity contribution < 1.29 is 0 Å². The molecule has 106 valence electrons. The Morgan fingerprint density at radius 2 is 1.95 bits per heavy atom. The molecule has 21 heavy (non-hydrogen) atoms. The van der Waals surface area contributed by atoms with Crippen molar-refractivity contribution in [2.75, 3.05) is 0 Å². The average molecular weight is 299 g/mol. The van der Waals surface area contributed by atoms with E-state index in [-0.39, 0.29) is 11.4 Å². The number of alkyl halides is 1. The second kappa shape index (κ2) is 5.70. The maximum absolute atomic E-state index is 12.7. The molecule has 4 heteroatoms. The Labute approximate surface area is 127 Å². The zero-order valence-electron chi connectivity index (χ0n) is 11.7. The number of fused-ring (bicyclic) bond motifs is 1. The summed E-state index contributed by atoms with van der Waals surface area (Å²) >= 11 is 5.98. The first-order valence-corrected chi connectivity index (χ1v) is 7.32. The minimum Gasteiger partial charge on any atom is -0.291 e. The molecule has 0 fully saturated rings. The molecule has 0 saturated carbocycles. The highest BCUT2D eigenvalue weighted by molar-refractivity contribution is 6.16. The summed E-state index contributed by atoms with van der Waals surface area (Å²) in [7, 11) is 0. The zero-order chi connectivity index (χ0) is 14.8. The highest BCUT2D eigenvalue weighted by Crippen LogP contribution is 2.12. The van der Waals surface area contributed by atoms with Crippen LogP contribution in [0, 0.1) is 6.92 Å². The maximum atomic E-state index is 12.7. The molecule has 0 atom stereocenters. The maximum Gasteiger partial charge on any atom is 0.261 e. The summed E-state index contributed by atoms with van der Waals surface area (Å²) in [5.41, 5.74) is 2.89. The molecule has 0 aliphatic carbocycles. The first-order chi connectivity index (χ1) is 10.2. The fraction of sp³-hybridized carbons (Fsp3) is 0.176. The summed E-state index contributed by atoms with van der Waals surface area (Å²) in [6, 6.07) is 15.5. The molecule has 1 aromatic heterocycles. The van der Waals surface area contributed by atoms with Gasteiger partial charge in [0, 0.05) is 0 Å². The topological polar surface area (TPSA) is 34.9 Å². The van der Waals surface area contributed by atoms with Gasteiger partial charge in [0.05, 0.1) is 23.3 Å². The van der Waals surface area contributed by atoms with E-state index < -0.39 is 0 Å². The Kier molecular flexibility index (Phi) is 3.76. The molecule has 2 aromatic carbocycles.